The molecule has 4 nitrogen and oxygen atoms in total. The topological polar surface area (TPSA) is 55.8 Å². The average molecular weight is 222 g/mol. The van der Waals surface area contributed by atoms with Crippen LogP contribution in [-0.2, 0) is 27.5 Å². The molecule has 1 aromatic rings. The molecule has 4 heteroatoms. The standard InChI is InChI=1S/C12H14O4/c1-15-11(14)5-10-12-8(6-13)3-2-4-9(12)7-16-10/h2-4,10,13H,5-7H2,1H3. The molecule has 16 heavy (non-hydrogen) atoms. The molecule has 0 radical (unpaired) electrons. The minimum atomic E-state index is -0.300. The molecule has 1 aromatic carbocycles. The van der Waals surface area contributed by atoms with Crippen molar-refractivity contribution in [2.45, 2.75) is 25.7 Å². The Morgan fingerprint density at radius 1 is 1.62 bits per heavy atom. The number of hydrogen-bond donors (Lipinski definition) is 1. The number of rotatable bonds is 3. The SMILES string of the molecule is COC(=O)CC1OCc2cccc(CO)c21. The van der Waals surface area contributed by atoms with E-state index in [1.807, 2.05) is 18.2 Å². The van der Waals surface area contributed by atoms with E-state index in [2.05, 4.69) is 4.74 Å². The van der Waals surface area contributed by atoms with Crippen LogP contribution in [0.25, 0.3) is 0 Å². The number of benzene rings is 1. The number of aliphatic hydroxyl groups excluding tert-OH is 1. The predicted molar refractivity (Wildman–Crippen MR) is 56.5 cm³/mol. The maximum Gasteiger partial charge on any atom is 0.308 e. The van der Waals surface area contributed by atoms with Crippen molar-refractivity contribution in [3.05, 3.63) is 34.9 Å². The molecule has 1 heterocycles. The van der Waals surface area contributed by atoms with Crippen molar-refractivity contribution in [1.82, 2.24) is 0 Å². The van der Waals surface area contributed by atoms with Crippen LogP contribution in [0.1, 0.15) is 29.2 Å². The van der Waals surface area contributed by atoms with Gasteiger partial charge in [-0.3, -0.25) is 4.79 Å². The number of aliphatic hydroxyl groups is 1. The van der Waals surface area contributed by atoms with Gasteiger partial charge in [0.15, 0.2) is 0 Å². The summed E-state index contributed by atoms with van der Waals surface area (Å²) in [7, 11) is 1.36. The molecule has 1 unspecified atom stereocenters. The van der Waals surface area contributed by atoms with E-state index in [4.69, 9.17) is 4.74 Å². The lowest BCUT2D eigenvalue weighted by Gasteiger charge is -2.12. The Morgan fingerprint density at radius 3 is 3.12 bits per heavy atom. The Kier molecular flexibility index (Phi) is 3.22. The van der Waals surface area contributed by atoms with Crippen LogP contribution in [0, 0.1) is 0 Å². The average Bonchev–Trinajstić information content (AvgIpc) is 2.72. The predicted octanol–water partition coefficient (Wildman–Crippen LogP) is 1.31. The van der Waals surface area contributed by atoms with Crippen molar-refractivity contribution in [3.8, 4) is 0 Å². The van der Waals surface area contributed by atoms with Gasteiger partial charge in [-0.25, -0.2) is 0 Å². The van der Waals surface area contributed by atoms with E-state index in [1.54, 1.807) is 0 Å². The zero-order valence-corrected chi connectivity index (χ0v) is 9.10. The summed E-state index contributed by atoms with van der Waals surface area (Å²) in [6.07, 6.45) is -0.0913. The van der Waals surface area contributed by atoms with Crippen molar-refractivity contribution in [3.63, 3.8) is 0 Å². The highest BCUT2D eigenvalue weighted by Gasteiger charge is 2.28. The zero-order chi connectivity index (χ0) is 11.5. The molecule has 0 spiro atoms. The Hall–Kier alpha value is -1.39. The van der Waals surface area contributed by atoms with E-state index >= 15 is 0 Å². The monoisotopic (exact) mass is 222 g/mol. The fourth-order valence-corrected chi connectivity index (χ4v) is 2.01. The summed E-state index contributed by atoms with van der Waals surface area (Å²) in [5.74, 6) is -0.300. The Bertz CT molecular complexity index is 400. The molecule has 0 saturated heterocycles. The quantitative estimate of drug-likeness (QED) is 0.783. The van der Waals surface area contributed by atoms with E-state index in [1.165, 1.54) is 7.11 Å². The second-order valence-corrected chi connectivity index (χ2v) is 3.73. The van der Waals surface area contributed by atoms with Gasteiger partial charge in [-0.2, -0.15) is 0 Å². The van der Waals surface area contributed by atoms with Crippen molar-refractivity contribution in [2.75, 3.05) is 7.11 Å². The molecule has 0 aromatic heterocycles. The van der Waals surface area contributed by atoms with Gasteiger partial charge >= 0.3 is 5.97 Å². The van der Waals surface area contributed by atoms with Crippen molar-refractivity contribution >= 4 is 5.97 Å². The maximum absolute atomic E-state index is 11.2. The minimum Gasteiger partial charge on any atom is -0.469 e. The second-order valence-electron chi connectivity index (χ2n) is 3.73. The first-order chi connectivity index (χ1) is 7.76. The molecular formula is C12H14O4. The molecule has 0 saturated carbocycles. The van der Waals surface area contributed by atoms with E-state index in [0.29, 0.717) is 6.61 Å². The number of methoxy groups -OCH3 is 1. The van der Waals surface area contributed by atoms with Gasteiger partial charge in [0, 0.05) is 0 Å². The van der Waals surface area contributed by atoms with Crippen LogP contribution in [0.4, 0.5) is 0 Å². The first-order valence-corrected chi connectivity index (χ1v) is 5.16. The molecular weight excluding hydrogens is 208 g/mol. The summed E-state index contributed by atoms with van der Waals surface area (Å²) < 4.78 is 10.1. The van der Waals surface area contributed by atoms with E-state index in [9.17, 15) is 9.90 Å². The van der Waals surface area contributed by atoms with Crippen LogP contribution in [-0.4, -0.2) is 18.2 Å². The van der Waals surface area contributed by atoms with E-state index < -0.39 is 0 Å². The first kappa shape index (κ1) is 11.1. The van der Waals surface area contributed by atoms with E-state index in [0.717, 1.165) is 16.7 Å². The minimum absolute atomic E-state index is 0.0375. The maximum atomic E-state index is 11.2. The van der Waals surface area contributed by atoms with E-state index in [-0.39, 0.29) is 25.1 Å². The lowest BCUT2D eigenvalue weighted by molar-refractivity contribution is -0.143. The summed E-state index contributed by atoms with van der Waals surface area (Å²) in [4.78, 5) is 11.2. The van der Waals surface area contributed by atoms with Gasteiger partial charge in [-0.15, -0.1) is 0 Å². The van der Waals surface area contributed by atoms with Gasteiger partial charge in [0.2, 0.25) is 0 Å². The third kappa shape index (κ3) is 1.94. The normalized spacial score (nSPS) is 18.2. The van der Waals surface area contributed by atoms with Crippen molar-refractivity contribution in [2.24, 2.45) is 0 Å². The summed E-state index contributed by atoms with van der Waals surface area (Å²) in [6, 6.07) is 5.68. The molecule has 2 rings (SSSR count). The molecule has 0 aliphatic carbocycles. The second kappa shape index (κ2) is 4.63. The van der Waals surface area contributed by atoms with Crippen LogP contribution in [0.3, 0.4) is 0 Å². The zero-order valence-electron chi connectivity index (χ0n) is 9.10. The third-order valence-electron chi connectivity index (χ3n) is 2.80. The largest absolute Gasteiger partial charge is 0.469 e. The molecule has 1 aliphatic rings. The van der Waals surface area contributed by atoms with Gasteiger partial charge in [-0.05, 0) is 16.7 Å². The van der Waals surface area contributed by atoms with Crippen LogP contribution >= 0.6 is 0 Å². The Morgan fingerprint density at radius 2 is 2.44 bits per heavy atom. The van der Waals surface area contributed by atoms with Gasteiger partial charge in [-0.1, -0.05) is 18.2 Å². The first-order valence-electron chi connectivity index (χ1n) is 5.16. The van der Waals surface area contributed by atoms with Gasteiger partial charge in [0.1, 0.15) is 0 Å². The van der Waals surface area contributed by atoms with Crippen LogP contribution in [0.5, 0.6) is 0 Å². The highest BCUT2D eigenvalue weighted by atomic mass is 16.5. The smallest absolute Gasteiger partial charge is 0.308 e. The van der Waals surface area contributed by atoms with Crippen LogP contribution in [0.2, 0.25) is 0 Å². The number of carbonyl (C=O) groups excluding carboxylic acids is 1. The van der Waals surface area contributed by atoms with Crippen molar-refractivity contribution < 1.29 is 19.4 Å². The molecule has 0 bridgehead atoms. The fraction of sp³-hybridized carbons (Fsp3) is 0.417. The van der Waals surface area contributed by atoms with Crippen molar-refractivity contribution in [1.29, 1.82) is 0 Å². The molecule has 0 amide bonds. The summed E-state index contributed by atoms with van der Waals surface area (Å²) >= 11 is 0. The number of ether oxygens (including phenoxy) is 2. The highest BCUT2D eigenvalue weighted by Crippen LogP contribution is 2.35. The third-order valence-corrected chi connectivity index (χ3v) is 2.80. The molecule has 1 aliphatic heterocycles. The number of hydrogen-bond acceptors (Lipinski definition) is 4. The molecule has 0 fully saturated rings. The molecule has 1 N–H and O–H groups in total. The van der Waals surface area contributed by atoms with Gasteiger partial charge < -0.3 is 14.6 Å². The number of fused-ring (bicyclic) bond motifs is 1. The lowest BCUT2D eigenvalue weighted by atomic mass is 9.97. The number of esters is 1. The molecule has 1 atom stereocenters. The summed E-state index contributed by atoms with van der Waals surface area (Å²) in [5, 5.41) is 9.24. The van der Waals surface area contributed by atoms with Gasteiger partial charge in [0.25, 0.3) is 0 Å². The number of carbonyl (C=O) groups is 1. The highest BCUT2D eigenvalue weighted by molar-refractivity contribution is 5.70. The Balaban J connectivity index is 2.27. The lowest BCUT2D eigenvalue weighted by Crippen LogP contribution is -2.09. The van der Waals surface area contributed by atoms with Crippen LogP contribution in [0.15, 0.2) is 18.2 Å². The van der Waals surface area contributed by atoms with Crippen LogP contribution < -0.4 is 0 Å². The Labute approximate surface area is 93.8 Å². The summed E-state index contributed by atoms with van der Waals surface area (Å²) in [6.45, 7) is 0.453. The molecule has 86 valence electrons. The van der Waals surface area contributed by atoms with Gasteiger partial charge in [0.05, 0.1) is 32.8 Å². The summed E-state index contributed by atoms with van der Waals surface area (Å²) in [5.41, 5.74) is 2.81. The fourth-order valence-electron chi connectivity index (χ4n) is 2.01.